The van der Waals surface area contributed by atoms with Gasteiger partial charge in [0.2, 0.25) is 5.88 Å². The maximum Gasteiger partial charge on any atom is 0.319 e. The Kier molecular flexibility index (Phi) is 6.75. The van der Waals surface area contributed by atoms with E-state index in [2.05, 4.69) is 21.7 Å². The van der Waals surface area contributed by atoms with Crippen LogP contribution in [0.1, 0.15) is 24.1 Å². The number of carbonyl (C=O) groups is 1. The molecule has 7 nitrogen and oxygen atoms in total. The monoisotopic (exact) mass is 340 g/mol. The molecular formula is C18H20N4O3. The van der Waals surface area contributed by atoms with E-state index in [1.54, 1.807) is 31.4 Å². The van der Waals surface area contributed by atoms with Crippen LogP contribution in [0.2, 0.25) is 0 Å². The Morgan fingerprint density at radius 2 is 2.00 bits per heavy atom. The average molecular weight is 340 g/mol. The van der Waals surface area contributed by atoms with Crippen LogP contribution in [0, 0.1) is 11.3 Å². The van der Waals surface area contributed by atoms with Crippen LogP contribution in [0.5, 0.6) is 5.88 Å². The van der Waals surface area contributed by atoms with E-state index in [9.17, 15) is 4.79 Å². The second-order valence-corrected chi connectivity index (χ2v) is 5.28. The third kappa shape index (κ3) is 5.79. The van der Waals surface area contributed by atoms with Crippen molar-refractivity contribution >= 4 is 11.7 Å². The number of amides is 2. The van der Waals surface area contributed by atoms with Crippen LogP contribution in [0.3, 0.4) is 0 Å². The summed E-state index contributed by atoms with van der Waals surface area (Å²) in [6, 6.07) is 12.0. The second-order valence-electron chi connectivity index (χ2n) is 5.28. The molecule has 2 amide bonds. The quantitative estimate of drug-likeness (QED) is 0.756. The van der Waals surface area contributed by atoms with Gasteiger partial charge in [0.1, 0.15) is 6.61 Å². The van der Waals surface area contributed by atoms with Gasteiger partial charge in [-0.1, -0.05) is 12.1 Å². The van der Waals surface area contributed by atoms with Gasteiger partial charge in [0.25, 0.3) is 0 Å². The SMILES string of the molecule is COCCOc1ccc(NC(=O)NC(C)c2ccc(C#N)cc2)cn1. The number of nitrogens with one attached hydrogen (secondary N) is 2. The zero-order valence-corrected chi connectivity index (χ0v) is 14.2. The zero-order chi connectivity index (χ0) is 18.1. The molecule has 1 aromatic heterocycles. The molecular weight excluding hydrogens is 320 g/mol. The van der Waals surface area contributed by atoms with Crippen LogP contribution in [-0.4, -0.2) is 31.3 Å². The fourth-order valence-electron chi connectivity index (χ4n) is 2.06. The van der Waals surface area contributed by atoms with Crippen LogP contribution >= 0.6 is 0 Å². The Morgan fingerprint density at radius 1 is 1.24 bits per heavy atom. The van der Waals surface area contributed by atoms with Gasteiger partial charge in [-0.15, -0.1) is 0 Å². The average Bonchev–Trinajstić information content (AvgIpc) is 2.63. The first-order valence-corrected chi connectivity index (χ1v) is 7.77. The summed E-state index contributed by atoms with van der Waals surface area (Å²) in [5, 5.41) is 14.4. The van der Waals surface area contributed by atoms with Gasteiger partial charge >= 0.3 is 6.03 Å². The van der Waals surface area contributed by atoms with Crippen molar-refractivity contribution in [3.63, 3.8) is 0 Å². The van der Waals surface area contributed by atoms with Gasteiger partial charge in [-0.25, -0.2) is 9.78 Å². The number of anilines is 1. The van der Waals surface area contributed by atoms with Gasteiger partial charge in [-0.2, -0.15) is 5.26 Å². The molecule has 0 aliphatic carbocycles. The van der Waals surface area contributed by atoms with E-state index in [0.717, 1.165) is 5.56 Å². The molecule has 2 aromatic rings. The summed E-state index contributed by atoms with van der Waals surface area (Å²) in [6.45, 7) is 2.77. The number of urea groups is 1. The normalized spacial score (nSPS) is 11.2. The molecule has 0 saturated heterocycles. The van der Waals surface area contributed by atoms with E-state index < -0.39 is 0 Å². The van der Waals surface area contributed by atoms with E-state index in [0.29, 0.717) is 30.3 Å². The molecule has 1 aromatic carbocycles. The Balaban J connectivity index is 1.85. The van der Waals surface area contributed by atoms with Crippen molar-refractivity contribution in [2.75, 3.05) is 25.6 Å². The van der Waals surface area contributed by atoms with Gasteiger partial charge in [0, 0.05) is 13.2 Å². The lowest BCUT2D eigenvalue weighted by Crippen LogP contribution is -2.31. The van der Waals surface area contributed by atoms with E-state index in [-0.39, 0.29) is 12.1 Å². The molecule has 1 heterocycles. The van der Waals surface area contributed by atoms with Crippen LogP contribution in [0.15, 0.2) is 42.6 Å². The predicted molar refractivity (Wildman–Crippen MR) is 93.3 cm³/mol. The Hall–Kier alpha value is -3.11. The summed E-state index contributed by atoms with van der Waals surface area (Å²) in [5.41, 5.74) is 2.05. The molecule has 7 heteroatoms. The summed E-state index contributed by atoms with van der Waals surface area (Å²) in [4.78, 5) is 16.2. The second kappa shape index (κ2) is 9.25. The lowest BCUT2D eigenvalue weighted by Gasteiger charge is -2.15. The number of rotatable bonds is 7. The van der Waals surface area contributed by atoms with E-state index in [1.165, 1.54) is 6.20 Å². The Bertz CT molecular complexity index is 723. The molecule has 130 valence electrons. The molecule has 0 saturated carbocycles. The van der Waals surface area contributed by atoms with Gasteiger partial charge < -0.3 is 20.1 Å². The first-order valence-electron chi connectivity index (χ1n) is 7.77. The third-order valence-electron chi connectivity index (χ3n) is 3.42. The largest absolute Gasteiger partial charge is 0.475 e. The van der Waals surface area contributed by atoms with Crippen LogP contribution in [-0.2, 0) is 4.74 Å². The number of aromatic nitrogens is 1. The highest BCUT2D eigenvalue weighted by Gasteiger charge is 2.10. The van der Waals surface area contributed by atoms with Crippen molar-refractivity contribution in [2.45, 2.75) is 13.0 Å². The maximum atomic E-state index is 12.1. The van der Waals surface area contributed by atoms with E-state index >= 15 is 0 Å². The first-order chi connectivity index (χ1) is 12.1. The molecule has 1 unspecified atom stereocenters. The van der Waals surface area contributed by atoms with E-state index in [4.69, 9.17) is 14.7 Å². The van der Waals surface area contributed by atoms with Gasteiger partial charge in [0.05, 0.1) is 36.2 Å². The lowest BCUT2D eigenvalue weighted by molar-refractivity contribution is 0.144. The number of nitriles is 1. The molecule has 25 heavy (non-hydrogen) atoms. The Labute approximate surface area is 146 Å². The molecule has 0 aliphatic rings. The number of hydrogen-bond donors (Lipinski definition) is 2. The minimum Gasteiger partial charge on any atom is -0.475 e. The number of hydrogen-bond acceptors (Lipinski definition) is 5. The number of pyridine rings is 1. The van der Waals surface area contributed by atoms with Crippen LogP contribution in [0.25, 0.3) is 0 Å². The third-order valence-corrected chi connectivity index (χ3v) is 3.42. The van der Waals surface area contributed by atoms with Crippen LogP contribution in [0.4, 0.5) is 10.5 Å². The first kappa shape index (κ1) is 18.2. The number of ether oxygens (including phenoxy) is 2. The highest BCUT2D eigenvalue weighted by atomic mass is 16.5. The highest BCUT2D eigenvalue weighted by molar-refractivity contribution is 5.89. The minimum atomic E-state index is -0.341. The summed E-state index contributed by atoms with van der Waals surface area (Å²) >= 11 is 0. The molecule has 0 fully saturated rings. The standard InChI is InChI=1S/C18H20N4O3/c1-13(15-5-3-14(11-19)4-6-15)21-18(23)22-16-7-8-17(20-12-16)25-10-9-24-2/h3-8,12-13H,9-10H2,1-2H3,(H2,21,22,23). The fourth-order valence-corrected chi connectivity index (χ4v) is 2.06. The molecule has 0 bridgehead atoms. The van der Waals surface area contributed by atoms with Crippen molar-refractivity contribution in [1.82, 2.24) is 10.3 Å². The number of carbonyl (C=O) groups excluding carboxylic acids is 1. The van der Waals surface area contributed by atoms with Crippen molar-refractivity contribution in [1.29, 1.82) is 5.26 Å². The molecule has 2 N–H and O–H groups in total. The fraction of sp³-hybridized carbons (Fsp3) is 0.278. The van der Waals surface area contributed by atoms with Crippen molar-refractivity contribution in [3.05, 3.63) is 53.7 Å². The molecule has 2 rings (SSSR count). The van der Waals surface area contributed by atoms with Gasteiger partial charge in [-0.05, 0) is 30.7 Å². The maximum absolute atomic E-state index is 12.1. The highest BCUT2D eigenvalue weighted by Crippen LogP contribution is 2.15. The number of methoxy groups -OCH3 is 1. The van der Waals surface area contributed by atoms with Gasteiger partial charge in [-0.3, -0.25) is 0 Å². The van der Waals surface area contributed by atoms with Crippen LogP contribution < -0.4 is 15.4 Å². The minimum absolute atomic E-state index is 0.197. The summed E-state index contributed by atoms with van der Waals surface area (Å²) in [7, 11) is 1.60. The smallest absolute Gasteiger partial charge is 0.319 e. The molecule has 1 atom stereocenters. The Morgan fingerprint density at radius 3 is 2.60 bits per heavy atom. The summed E-state index contributed by atoms with van der Waals surface area (Å²) in [6.07, 6.45) is 1.52. The summed E-state index contributed by atoms with van der Waals surface area (Å²) in [5.74, 6) is 0.467. The topological polar surface area (TPSA) is 96.3 Å². The summed E-state index contributed by atoms with van der Waals surface area (Å²) < 4.78 is 10.3. The zero-order valence-electron chi connectivity index (χ0n) is 14.2. The molecule has 0 aliphatic heterocycles. The molecule has 0 radical (unpaired) electrons. The van der Waals surface area contributed by atoms with Crippen molar-refractivity contribution < 1.29 is 14.3 Å². The number of benzene rings is 1. The van der Waals surface area contributed by atoms with Crippen molar-refractivity contribution in [3.8, 4) is 11.9 Å². The molecule has 0 spiro atoms. The lowest BCUT2D eigenvalue weighted by atomic mass is 10.1. The predicted octanol–water partition coefficient (Wildman–Crippen LogP) is 2.86. The number of nitrogens with zero attached hydrogens (tertiary/aromatic N) is 2. The van der Waals surface area contributed by atoms with Crippen molar-refractivity contribution in [2.24, 2.45) is 0 Å². The van der Waals surface area contributed by atoms with Gasteiger partial charge in [0.15, 0.2) is 0 Å². The van der Waals surface area contributed by atoms with E-state index in [1.807, 2.05) is 19.1 Å².